The molecule has 3 heteroatoms. The first-order valence-electron chi connectivity index (χ1n) is 15.4. The Morgan fingerprint density at radius 1 is 0.714 bits per heavy atom. The fourth-order valence-electron chi connectivity index (χ4n) is 8.18. The van der Waals surface area contributed by atoms with Crippen molar-refractivity contribution in [1.29, 1.82) is 0 Å². The van der Waals surface area contributed by atoms with Crippen LogP contribution in [-0.4, -0.2) is 0 Å². The first kappa shape index (κ1) is 27.0. The van der Waals surface area contributed by atoms with Gasteiger partial charge in [0.2, 0.25) is 11.4 Å². The van der Waals surface area contributed by atoms with Gasteiger partial charge in [-0.25, -0.2) is 0 Å². The second kappa shape index (κ2) is 10.2. The van der Waals surface area contributed by atoms with Crippen molar-refractivity contribution in [2.24, 2.45) is 7.05 Å². The van der Waals surface area contributed by atoms with E-state index in [-0.39, 0.29) is 11.0 Å². The number of pyridine rings is 2. The third-order valence-corrected chi connectivity index (χ3v) is 11.6. The molecule has 1 aliphatic rings. The molecule has 7 rings (SSSR count). The van der Waals surface area contributed by atoms with Gasteiger partial charge in [0.05, 0.1) is 15.7 Å². The van der Waals surface area contributed by atoms with Crippen LogP contribution in [0.4, 0.5) is 0 Å². The van der Waals surface area contributed by atoms with Crippen molar-refractivity contribution in [2.75, 3.05) is 0 Å². The van der Waals surface area contributed by atoms with Crippen molar-refractivity contribution in [3.63, 3.8) is 0 Å². The summed E-state index contributed by atoms with van der Waals surface area (Å²) in [7, 11) is 2.20. The lowest BCUT2D eigenvalue weighted by molar-refractivity contribution is -0.770. The standard InChI is InChI=1S/C39H40N2S/c1-6-38(4)39(7-2,33-20-12-10-19-31(33)34-21-14-15-27(3)41(34)38)24-23-28-16-8-9-17-29(28)35-25-32-30-18-11-13-22-36(30)42-37(32)26-40(35)5/h8-22,25-26H,6-7,23-24H2,1-5H3/q+2. The Morgan fingerprint density at radius 2 is 1.45 bits per heavy atom. The van der Waals surface area contributed by atoms with Crippen LogP contribution in [-0.2, 0) is 24.4 Å². The van der Waals surface area contributed by atoms with E-state index >= 15 is 0 Å². The van der Waals surface area contributed by atoms with Gasteiger partial charge in [-0.05, 0) is 54.7 Å². The summed E-state index contributed by atoms with van der Waals surface area (Å²) in [6.07, 6.45) is 6.61. The Kier molecular flexibility index (Phi) is 6.55. The maximum absolute atomic E-state index is 2.67. The average molecular weight is 569 g/mol. The number of hydrogen-bond acceptors (Lipinski definition) is 1. The lowest BCUT2D eigenvalue weighted by Gasteiger charge is -2.49. The number of aryl methyl sites for hydroxylation is 3. The van der Waals surface area contributed by atoms with E-state index < -0.39 is 0 Å². The van der Waals surface area contributed by atoms with Crippen molar-refractivity contribution in [1.82, 2.24) is 0 Å². The summed E-state index contributed by atoms with van der Waals surface area (Å²) < 4.78 is 7.69. The van der Waals surface area contributed by atoms with Crippen LogP contribution in [0.3, 0.4) is 0 Å². The molecule has 1 aliphatic heterocycles. The van der Waals surface area contributed by atoms with E-state index in [1.807, 2.05) is 11.3 Å². The highest BCUT2D eigenvalue weighted by atomic mass is 32.1. The molecule has 3 aromatic heterocycles. The first-order chi connectivity index (χ1) is 20.4. The zero-order valence-corrected chi connectivity index (χ0v) is 26.3. The van der Waals surface area contributed by atoms with Gasteiger partial charge < -0.3 is 0 Å². The molecule has 0 amide bonds. The third-order valence-electron chi connectivity index (χ3n) is 10.5. The molecule has 0 spiro atoms. The smallest absolute Gasteiger partial charge is 0.200 e. The predicted molar refractivity (Wildman–Crippen MR) is 177 cm³/mol. The van der Waals surface area contributed by atoms with Crippen LogP contribution in [0.25, 0.3) is 42.7 Å². The molecule has 0 saturated carbocycles. The average Bonchev–Trinajstić information content (AvgIpc) is 3.38. The highest BCUT2D eigenvalue weighted by Crippen LogP contribution is 2.52. The summed E-state index contributed by atoms with van der Waals surface area (Å²) >= 11 is 1.88. The van der Waals surface area contributed by atoms with Gasteiger partial charge in [0.1, 0.15) is 7.05 Å². The quantitative estimate of drug-likeness (QED) is 0.177. The number of aromatic nitrogens is 2. The number of hydrogen-bond donors (Lipinski definition) is 0. The Bertz CT molecular complexity index is 1970. The molecular weight excluding hydrogens is 529 g/mol. The summed E-state index contributed by atoms with van der Waals surface area (Å²) in [6.45, 7) is 9.60. The molecule has 42 heavy (non-hydrogen) atoms. The molecular formula is C39H40N2S+2. The molecule has 3 aromatic carbocycles. The number of benzene rings is 3. The SMILES string of the molecule is CCC1(CCc2ccccc2-c2cc3c(c[n+]2C)sc2ccccc23)c2ccccc2-c2cccc(C)[n+]2C1(C)CC. The van der Waals surface area contributed by atoms with Crippen molar-refractivity contribution >= 4 is 31.5 Å². The van der Waals surface area contributed by atoms with Gasteiger partial charge in [0.25, 0.3) is 0 Å². The van der Waals surface area contributed by atoms with Crippen LogP contribution in [0.15, 0.2) is 103 Å². The number of thiophene rings is 1. The van der Waals surface area contributed by atoms with E-state index in [0.29, 0.717) is 0 Å². The normalized spacial score (nSPS) is 19.6. The minimum absolute atomic E-state index is 0.00490. The monoisotopic (exact) mass is 568 g/mol. The highest BCUT2D eigenvalue weighted by molar-refractivity contribution is 7.25. The Hall–Kier alpha value is -3.82. The first-order valence-corrected chi connectivity index (χ1v) is 16.2. The number of rotatable bonds is 6. The molecule has 2 atom stereocenters. The molecule has 0 radical (unpaired) electrons. The number of fused-ring (bicyclic) bond motifs is 6. The topological polar surface area (TPSA) is 7.76 Å². The summed E-state index contributed by atoms with van der Waals surface area (Å²) in [5, 5.41) is 2.71. The maximum atomic E-state index is 2.67. The highest BCUT2D eigenvalue weighted by Gasteiger charge is 2.59. The van der Waals surface area contributed by atoms with Gasteiger partial charge in [0, 0.05) is 59.5 Å². The second-order valence-corrected chi connectivity index (χ2v) is 13.4. The van der Waals surface area contributed by atoms with Gasteiger partial charge in [-0.2, -0.15) is 9.13 Å². The van der Waals surface area contributed by atoms with Crippen molar-refractivity contribution in [3.8, 4) is 22.5 Å². The van der Waals surface area contributed by atoms with Gasteiger partial charge in [-0.15, -0.1) is 11.3 Å². The minimum atomic E-state index is -0.0368. The molecule has 0 N–H and O–H groups in total. The lowest BCUT2D eigenvalue weighted by atomic mass is 9.57. The molecule has 2 unspecified atom stereocenters. The van der Waals surface area contributed by atoms with E-state index in [9.17, 15) is 0 Å². The van der Waals surface area contributed by atoms with Crippen molar-refractivity contribution < 1.29 is 9.13 Å². The van der Waals surface area contributed by atoms with Gasteiger partial charge in [0.15, 0.2) is 17.4 Å². The summed E-state index contributed by atoms with van der Waals surface area (Å²) in [5.41, 5.74) is 9.61. The molecule has 210 valence electrons. The van der Waals surface area contributed by atoms with Crippen LogP contribution >= 0.6 is 11.3 Å². The third kappa shape index (κ3) is 3.83. The molecule has 0 fully saturated rings. The molecule has 0 aliphatic carbocycles. The zero-order valence-electron chi connectivity index (χ0n) is 25.4. The minimum Gasteiger partial charge on any atom is -0.200 e. The van der Waals surface area contributed by atoms with Gasteiger partial charge >= 0.3 is 0 Å². The largest absolute Gasteiger partial charge is 0.213 e. The fourth-order valence-corrected chi connectivity index (χ4v) is 9.34. The molecule has 6 aromatic rings. The molecule has 4 heterocycles. The van der Waals surface area contributed by atoms with Crippen LogP contribution in [0.2, 0.25) is 0 Å². The Morgan fingerprint density at radius 3 is 2.26 bits per heavy atom. The van der Waals surface area contributed by atoms with Crippen LogP contribution in [0, 0.1) is 6.92 Å². The lowest BCUT2D eigenvalue weighted by Crippen LogP contribution is -2.69. The van der Waals surface area contributed by atoms with E-state index in [2.05, 4.69) is 147 Å². The van der Waals surface area contributed by atoms with E-state index in [1.54, 1.807) is 0 Å². The maximum Gasteiger partial charge on any atom is 0.213 e. The second-order valence-electron chi connectivity index (χ2n) is 12.3. The van der Waals surface area contributed by atoms with E-state index in [0.717, 1.165) is 25.7 Å². The van der Waals surface area contributed by atoms with Crippen molar-refractivity contribution in [3.05, 3.63) is 120 Å². The Labute approximate surface area is 253 Å². The van der Waals surface area contributed by atoms with Gasteiger partial charge in [-0.3, -0.25) is 0 Å². The molecule has 0 bridgehead atoms. The summed E-state index contributed by atoms with van der Waals surface area (Å²) in [6, 6.07) is 36.4. The van der Waals surface area contributed by atoms with Crippen LogP contribution in [0.5, 0.6) is 0 Å². The fraction of sp³-hybridized carbons (Fsp3) is 0.282. The van der Waals surface area contributed by atoms with E-state index in [1.165, 1.54) is 59.5 Å². The van der Waals surface area contributed by atoms with Crippen LogP contribution < -0.4 is 9.13 Å². The number of nitrogens with zero attached hydrogens (tertiary/aromatic N) is 2. The van der Waals surface area contributed by atoms with E-state index in [4.69, 9.17) is 0 Å². The van der Waals surface area contributed by atoms with Crippen molar-refractivity contribution in [2.45, 2.75) is 64.3 Å². The molecule has 2 nitrogen and oxygen atoms in total. The zero-order chi connectivity index (χ0) is 29.1. The van der Waals surface area contributed by atoms with Gasteiger partial charge in [-0.1, -0.05) is 68.4 Å². The predicted octanol–water partition coefficient (Wildman–Crippen LogP) is 9.23. The molecule has 0 saturated heterocycles. The summed E-state index contributed by atoms with van der Waals surface area (Å²) in [4.78, 5) is 0. The Balaban J connectivity index is 1.36. The summed E-state index contributed by atoms with van der Waals surface area (Å²) in [5.74, 6) is 0. The van der Waals surface area contributed by atoms with Crippen LogP contribution in [0.1, 0.15) is 56.9 Å².